The third kappa shape index (κ3) is 69.3. The number of nitrogens with one attached hydrogen (secondary N) is 4. The number of thiocarbonyl (C=S) groups is 3. The maximum Gasteiger partial charge on any atom is 0.319 e. The molecule has 20 heteroatoms. The van der Waals surface area contributed by atoms with Crippen LogP contribution in [0, 0.1) is 0 Å². The predicted octanol–water partition coefficient (Wildman–Crippen LogP) is 4.75. The molecule has 354 valence electrons. The van der Waals surface area contributed by atoms with Gasteiger partial charge in [-0.25, -0.2) is 14.4 Å². The highest BCUT2D eigenvalue weighted by molar-refractivity contribution is 7.80. The van der Waals surface area contributed by atoms with Crippen molar-refractivity contribution < 1.29 is 14.4 Å². The molecule has 0 aromatic heterocycles. The number of amides is 6. The van der Waals surface area contributed by atoms with Gasteiger partial charge in [-0.1, -0.05) is 48.5 Å². The number of hydrogen-bond acceptors (Lipinski definition) is 7. The van der Waals surface area contributed by atoms with Crippen LogP contribution in [0.5, 0.6) is 0 Å². The second-order valence-corrected chi connectivity index (χ2v) is 14.7. The van der Waals surface area contributed by atoms with Crippen LogP contribution in [-0.2, 0) is 0 Å². The molecule has 17 nitrogen and oxygen atoms in total. The Morgan fingerprint density at radius 3 is 1.17 bits per heavy atom. The van der Waals surface area contributed by atoms with Gasteiger partial charge in [0.05, 0.1) is 5.84 Å². The van der Waals surface area contributed by atoms with Gasteiger partial charge in [-0.15, -0.1) is 0 Å². The lowest BCUT2D eigenvalue weighted by atomic mass is 10.4. The molecule has 0 aliphatic heterocycles. The number of urea groups is 3. The number of carbonyl (C=O) groups is 3. The first-order valence-corrected chi connectivity index (χ1v) is 21.7. The van der Waals surface area contributed by atoms with Gasteiger partial charge in [0, 0.05) is 116 Å². The highest BCUT2D eigenvalue weighted by atomic mass is 32.1. The quantitative estimate of drug-likeness (QED) is 0.0715. The average molecular weight is 901 g/mol. The number of aliphatic imine (C=N–C) groups is 1. The van der Waals surface area contributed by atoms with Gasteiger partial charge in [-0.2, -0.15) is 0 Å². The van der Waals surface area contributed by atoms with E-state index in [9.17, 15) is 14.4 Å². The molecule has 0 bridgehead atoms. The second-order valence-electron chi connectivity index (χ2n) is 13.6. The summed E-state index contributed by atoms with van der Waals surface area (Å²) in [5, 5.41) is 13.2. The number of nitrogens with two attached hydrogens (primary N) is 3. The number of hydrogen-bond donors (Lipinski definition) is 7. The summed E-state index contributed by atoms with van der Waals surface area (Å²) < 4.78 is 0. The van der Waals surface area contributed by atoms with Crippen LogP contribution in [0.4, 0.5) is 14.4 Å². The summed E-state index contributed by atoms with van der Waals surface area (Å²) in [4.78, 5) is 46.3. The molecule has 6 amide bonds. The van der Waals surface area contributed by atoms with Crippen molar-refractivity contribution in [2.24, 2.45) is 22.2 Å². The van der Waals surface area contributed by atoms with Crippen molar-refractivity contribution in [1.82, 2.24) is 50.7 Å². The molecule has 0 atom stereocenters. The standard InChI is InChI=1S/C7H16N2O.C7H16N2S.C6H14N2O.C6H14N2S.C5H12N2.C4H10N2O.C4H10N2S/c2*1-5-6-9(4)7(10)8(2)3;2*1-4-5-7-6(9)8(2)3;1-3-4-7-5(2)6;2*1-2-3-6-4(5)7/h2*5-6H2,1-4H3;2*4-5H2,1-3H3,(H,7,9);3-4H2,1-2H3,(H2,6,7);2*2-3H2,1H3,(H3,5,6,7). The van der Waals surface area contributed by atoms with E-state index in [1.807, 2.05) is 65.9 Å². The van der Waals surface area contributed by atoms with Gasteiger partial charge in [0.1, 0.15) is 0 Å². The number of amidine groups is 1. The van der Waals surface area contributed by atoms with Crippen molar-refractivity contribution in [3.8, 4) is 0 Å². The Morgan fingerprint density at radius 1 is 0.508 bits per heavy atom. The van der Waals surface area contributed by atoms with Crippen LogP contribution in [-0.4, -0.2) is 185 Å². The van der Waals surface area contributed by atoms with Crippen molar-refractivity contribution in [2.75, 3.05) is 116 Å². The van der Waals surface area contributed by atoms with E-state index in [2.05, 4.69) is 78.0 Å². The molecule has 0 fully saturated rings. The average Bonchev–Trinajstić information content (AvgIpc) is 3.17. The van der Waals surface area contributed by atoms with Crippen molar-refractivity contribution >= 4 is 75.9 Å². The summed E-state index contributed by atoms with van der Waals surface area (Å²) in [6.07, 6.45) is 7.34. The zero-order valence-corrected chi connectivity index (χ0v) is 43.2. The first-order valence-electron chi connectivity index (χ1n) is 20.4. The summed E-state index contributed by atoms with van der Waals surface area (Å²) in [5.41, 5.74) is 15.1. The fraction of sp³-hybridized carbons (Fsp3) is 0.821. The van der Waals surface area contributed by atoms with E-state index in [4.69, 9.17) is 41.6 Å². The van der Waals surface area contributed by atoms with E-state index in [1.165, 1.54) is 4.90 Å². The maximum absolute atomic E-state index is 11.1. The van der Waals surface area contributed by atoms with E-state index in [-0.39, 0.29) is 12.1 Å². The minimum absolute atomic E-state index is 0.0168. The molecule has 0 aromatic carbocycles. The van der Waals surface area contributed by atoms with E-state index in [0.717, 1.165) is 94.4 Å². The highest BCUT2D eigenvalue weighted by Crippen LogP contribution is 1.93. The fourth-order valence-electron chi connectivity index (χ4n) is 3.11. The topological polar surface area (TPSA) is 209 Å². The number of primary amides is 1. The monoisotopic (exact) mass is 901 g/mol. The lowest BCUT2D eigenvalue weighted by molar-refractivity contribution is 0.182. The summed E-state index contributed by atoms with van der Waals surface area (Å²) in [6.45, 7) is 22.3. The summed E-state index contributed by atoms with van der Waals surface area (Å²) in [7, 11) is 18.6. The molecule has 0 saturated carbocycles. The SMILES string of the molecule is CCCN(C)C(=O)N(C)C.CCCN(C)C(=S)N(C)C.CCCN=C(C)N.CCCNC(=O)N(C)C.CCCNC(=S)N(C)C.CCCNC(N)=O.CCCNC(N)=S. The first-order chi connectivity index (χ1) is 27.4. The highest BCUT2D eigenvalue weighted by Gasteiger charge is 2.07. The van der Waals surface area contributed by atoms with Crippen LogP contribution in [0.25, 0.3) is 0 Å². The van der Waals surface area contributed by atoms with Crippen LogP contribution in [0.3, 0.4) is 0 Å². The Morgan fingerprint density at radius 2 is 0.915 bits per heavy atom. The molecule has 10 N–H and O–H groups in total. The summed E-state index contributed by atoms with van der Waals surface area (Å²) in [6, 6.07) is -0.388. The van der Waals surface area contributed by atoms with Gasteiger partial charge < -0.3 is 67.9 Å². The normalized spacial score (nSPS) is 9.15. The Hall–Kier alpha value is -3.65. The van der Waals surface area contributed by atoms with Gasteiger partial charge >= 0.3 is 18.1 Å². The minimum Gasteiger partial charge on any atom is -0.388 e. The molecule has 0 heterocycles. The summed E-state index contributed by atoms with van der Waals surface area (Å²) in [5.74, 6) is 0.682. The third-order valence-corrected chi connectivity index (χ3v) is 7.42. The maximum atomic E-state index is 11.1. The Kier molecular flexibility index (Phi) is 62.1. The zero-order valence-electron chi connectivity index (χ0n) is 40.7. The molecule has 0 unspecified atom stereocenters. The van der Waals surface area contributed by atoms with E-state index in [0.29, 0.717) is 17.5 Å². The van der Waals surface area contributed by atoms with Gasteiger partial charge in [-0.3, -0.25) is 4.99 Å². The number of nitrogens with zero attached hydrogens (tertiary/aromatic N) is 7. The van der Waals surface area contributed by atoms with Gasteiger partial charge in [0.15, 0.2) is 15.3 Å². The molecular formula is C39H92N14O3S3. The van der Waals surface area contributed by atoms with E-state index < -0.39 is 6.03 Å². The van der Waals surface area contributed by atoms with Crippen molar-refractivity contribution in [2.45, 2.75) is 100 Å². The van der Waals surface area contributed by atoms with Crippen molar-refractivity contribution in [3.05, 3.63) is 0 Å². The largest absolute Gasteiger partial charge is 0.388 e. The lowest BCUT2D eigenvalue weighted by Crippen LogP contribution is -2.36. The minimum atomic E-state index is -0.443. The third-order valence-electron chi connectivity index (χ3n) is 6.08. The van der Waals surface area contributed by atoms with Gasteiger partial charge in [0.25, 0.3) is 0 Å². The first kappa shape index (κ1) is 69.9. The van der Waals surface area contributed by atoms with Crippen LogP contribution < -0.4 is 38.5 Å². The molecule has 59 heavy (non-hydrogen) atoms. The van der Waals surface area contributed by atoms with E-state index in [1.54, 1.807) is 44.9 Å². The van der Waals surface area contributed by atoms with Crippen LogP contribution in [0.2, 0.25) is 0 Å². The predicted molar refractivity (Wildman–Crippen MR) is 269 cm³/mol. The molecule has 0 aliphatic carbocycles. The summed E-state index contributed by atoms with van der Waals surface area (Å²) >= 11 is 14.6. The Labute approximate surface area is 378 Å². The smallest absolute Gasteiger partial charge is 0.319 e. The molecule has 0 spiro atoms. The Bertz CT molecular complexity index is 978. The van der Waals surface area contributed by atoms with E-state index >= 15 is 0 Å². The van der Waals surface area contributed by atoms with Crippen molar-refractivity contribution in [3.63, 3.8) is 0 Å². The molecule has 0 aromatic rings. The molecule has 0 aliphatic rings. The van der Waals surface area contributed by atoms with Crippen molar-refractivity contribution in [1.29, 1.82) is 0 Å². The zero-order chi connectivity index (χ0) is 47.9. The van der Waals surface area contributed by atoms with Crippen LogP contribution >= 0.6 is 36.7 Å². The van der Waals surface area contributed by atoms with Crippen LogP contribution in [0.15, 0.2) is 4.99 Å². The lowest BCUT2D eigenvalue weighted by Gasteiger charge is -2.24. The number of rotatable bonds is 14. The molecular weight excluding hydrogens is 809 g/mol. The Balaban J connectivity index is -0.000000107. The number of carbonyl (C=O) groups excluding carboxylic acids is 3. The van der Waals surface area contributed by atoms with Crippen LogP contribution in [0.1, 0.15) is 100 Å². The fourth-order valence-corrected chi connectivity index (χ4v) is 3.41. The van der Waals surface area contributed by atoms with Gasteiger partial charge in [-0.05, 0) is 88.5 Å². The molecule has 0 radical (unpaired) electrons. The second kappa shape index (κ2) is 52.4. The molecule has 0 saturated heterocycles. The van der Waals surface area contributed by atoms with Gasteiger partial charge in [0.2, 0.25) is 0 Å². The molecule has 0 rings (SSSR count).